The molecule has 0 unspecified atom stereocenters. The molecule has 0 spiro atoms. The molecule has 0 atom stereocenters. The van der Waals surface area contributed by atoms with Crippen LogP contribution >= 0.6 is 0 Å². The van der Waals surface area contributed by atoms with Crippen molar-refractivity contribution in [2.75, 3.05) is 32.8 Å². The SMILES string of the molecule is CC(C)C(=O)OCC(=O)N1CCN(S(=O)(=O)c2cccc(F)c2)CC1. The van der Waals surface area contributed by atoms with E-state index in [1.165, 1.54) is 27.4 Å². The van der Waals surface area contributed by atoms with Gasteiger partial charge in [-0.1, -0.05) is 19.9 Å². The van der Waals surface area contributed by atoms with Crippen molar-refractivity contribution in [2.45, 2.75) is 18.7 Å². The lowest BCUT2D eigenvalue weighted by molar-refractivity contribution is -0.155. The number of amides is 1. The van der Waals surface area contributed by atoms with Crippen LogP contribution in [0.4, 0.5) is 4.39 Å². The van der Waals surface area contributed by atoms with Crippen LogP contribution in [0, 0.1) is 11.7 Å². The summed E-state index contributed by atoms with van der Waals surface area (Å²) in [7, 11) is -3.80. The third-order valence-electron chi connectivity index (χ3n) is 3.83. The number of carbonyl (C=O) groups excluding carboxylic acids is 2. The predicted molar refractivity (Wildman–Crippen MR) is 87.5 cm³/mol. The van der Waals surface area contributed by atoms with Crippen molar-refractivity contribution in [2.24, 2.45) is 5.92 Å². The molecule has 1 aliphatic rings. The molecule has 1 saturated heterocycles. The van der Waals surface area contributed by atoms with Gasteiger partial charge in [-0.2, -0.15) is 4.31 Å². The van der Waals surface area contributed by atoms with Crippen molar-refractivity contribution in [1.29, 1.82) is 0 Å². The van der Waals surface area contributed by atoms with Crippen LogP contribution in [0.25, 0.3) is 0 Å². The van der Waals surface area contributed by atoms with Crippen LogP contribution in [0.15, 0.2) is 29.2 Å². The highest BCUT2D eigenvalue weighted by Gasteiger charge is 2.30. The molecule has 0 radical (unpaired) electrons. The second-order valence-electron chi connectivity index (χ2n) is 6.00. The normalized spacial score (nSPS) is 16.1. The molecule has 0 saturated carbocycles. The van der Waals surface area contributed by atoms with Crippen molar-refractivity contribution in [1.82, 2.24) is 9.21 Å². The van der Waals surface area contributed by atoms with Crippen LogP contribution in [0.1, 0.15) is 13.8 Å². The summed E-state index contributed by atoms with van der Waals surface area (Å²) in [5.74, 6) is -1.76. The summed E-state index contributed by atoms with van der Waals surface area (Å²) >= 11 is 0. The van der Waals surface area contributed by atoms with Crippen LogP contribution in [-0.4, -0.2) is 62.3 Å². The van der Waals surface area contributed by atoms with Gasteiger partial charge < -0.3 is 9.64 Å². The standard InChI is InChI=1S/C16H21FN2O5S/c1-12(2)16(21)24-11-15(20)18-6-8-19(9-7-18)25(22,23)14-5-3-4-13(17)10-14/h3-5,10,12H,6-9,11H2,1-2H3. The average Bonchev–Trinajstić information content (AvgIpc) is 2.59. The van der Waals surface area contributed by atoms with Gasteiger partial charge in [0.2, 0.25) is 10.0 Å². The van der Waals surface area contributed by atoms with E-state index < -0.39 is 21.8 Å². The van der Waals surface area contributed by atoms with Crippen LogP contribution in [0.5, 0.6) is 0 Å². The number of rotatable bonds is 5. The van der Waals surface area contributed by atoms with Crippen LogP contribution in [0.3, 0.4) is 0 Å². The Labute approximate surface area is 146 Å². The van der Waals surface area contributed by atoms with Crippen molar-refractivity contribution in [3.05, 3.63) is 30.1 Å². The van der Waals surface area contributed by atoms with Gasteiger partial charge in [0.05, 0.1) is 10.8 Å². The minimum Gasteiger partial charge on any atom is -0.455 e. The van der Waals surface area contributed by atoms with E-state index in [1.807, 2.05) is 0 Å². The Morgan fingerprint density at radius 3 is 2.40 bits per heavy atom. The zero-order chi connectivity index (χ0) is 18.6. The molecule has 1 amide bonds. The first kappa shape index (κ1) is 19.3. The molecule has 1 aromatic carbocycles. The van der Waals surface area contributed by atoms with Gasteiger partial charge in [0, 0.05) is 26.2 Å². The Morgan fingerprint density at radius 2 is 1.84 bits per heavy atom. The third kappa shape index (κ3) is 4.76. The van der Waals surface area contributed by atoms with E-state index in [4.69, 9.17) is 4.74 Å². The minimum atomic E-state index is -3.80. The van der Waals surface area contributed by atoms with Gasteiger partial charge in [-0.15, -0.1) is 0 Å². The van der Waals surface area contributed by atoms with E-state index in [1.54, 1.807) is 13.8 Å². The third-order valence-corrected chi connectivity index (χ3v) is 5.73. The molecule has 0 aromatic heterocycles. The van der Waals surface area contributed by atoms with Gasteiger partial charge >= 0.3 is 5.97 Å². The Bertz CT molecular complexity index is 743. The molecular formula is C16H21FN2O5S. The van der Waals surface area contributed by atoms with E-state index in [2.05, 4.69) is 0 Å². The van der Waals surface area contributed by atoms with Crippen molar-refractivity contribution < 1.29 is 27.1 Å². The van der Waals surface area contributed by atoms with E-state index in [0.29, 0.717) is 0 Å². The van der Waals surface area contributed by atoms with Gasteiger partial charge in [0.15, 0.2) is 6.61 Å². The molecule has 1 fully saturated rings. The van der Waals surface area contributed by atoms with Gasteiger partial charge in [-0.3, -0.25) is 9.59 Å². The number of halogens is 1. The fourth-order valence-corrected chi connectivity index (χ4v) is 3.80. The molecule has 0 bridgehead atoms. The number of benzene rings is 1. The Balaban J connectivity index is 1.93. The summed E-state index contributed by atoms with van der Waals surface area (Å²) in [5.41, 5.74) is 0. The van der Waals surface area contributed by atoms with Gasteiger partial charge in [-0.25, -0.2) is 12.8 Å². The van der Waals surface area contributed by atoms with Gasteiger partial charge in [-0.05, 0) is 18.2 Å². The molecule has 0 aliphatic carbocycles. The molecule has 2 rings (SSSR count). The maximum atomic E-state index is 13.3. The largest absolute Gasteiger partial charge is 0.455 e. The van der Waals surface area contributed by atoms with Crippen molar-refractivity contribution in [3.8, 4) is 0 Å². The topological polar surface area (TPSA) is 84.0 Å². The summed E-state index contributed by atoms with van der Waals surface area (Å²) in [6.45, 7) is 3.56. The van der Waals surface area contributed by atoms with E-state index >= 15 is 0 Å². The zero-order valence-corrected chi connectivity index (χ0v) is 15.0. The number of nitrogens with zero attached hydrogens (tertiary/aromatic N) is 2. The first-order chi connectivity index (χ1) is 11.7. The monoisotopic (exact) mass is 372 g/mol. The smallest absolute Gasteiger partial charge is 0.308 e. The molecule has 9 heteroatoms. The highest BCUT2D eigenvalue weighted by atomic mass is 32.2. The second-order valence-corrected chi connectivity index (χ2v) is 7.94. The quantitative estimate of drug-likeness (QED) is 0.716. The fourth-order valence-electron chi connectivity index (χ4n) is 2.35. The molecule has 1 aromatic rings. The number of sulfonamides is 1. The van der Waals surface area contributed by atoms with E-state index in [-0.39, 0.29) is 49.5 Å². The molecule has 7 nitrogen and oxygen atoms in total. The Kier molecular flexibility index (Phi) is 6.12. The van der Waals surface area contributed by atoms with Crippen molar-refractivity contribution >= 4 is 21.9 Å². The minimum absolute atomic E-state index is 0.0999. The second kappa shape index (κ2) is 7.92. The summed E-state index contributed by atoms with van der Waals surface area (Å²) < 4.78 is 44.4. The van der Waals surface area contributed by atoms with Gasteiger partial charge in [0.1, 0.15) is 5.82 Å². The summed E-state index contributed by atoms with van der Waals surface area (Å²) in [6, 6.07) is 4.82. The number of hydrogen-bond acceptors (Lipinski definition) is 5. The van der Waals surface area contributed by atoms with Crippen molar-refractivity contribution in [3.63, 3.8) is 0 Å². The first-order valence-electron chi connectivity index (χ1n) is 7.92. The van der Waals surface area contributed by atoms with Crippen LogP contribution < -0.4 is 0 Å². The molecule has 25 heavy (non-hydrogen) atoms. The Hall–Kier alpha value is -2.00. The lowest BCUT2D eigenvalue weighted by Crippen LogP contribution is -2.51. The maximum absolute atomic E-state index is 13.3. The maximum Gasteiger partial charge on any atom is 0.308 e. The highest BCUT2D eigenvalue weighted by Crippen LogP contribution is 2.18. The molecule has 0 N–H and O–H groups in total. The highest BCUT2D eigenvalue weighted by molar-refractivity contribution is 7.89. The number of ether oxygens (including phenoxy) is 1. The van der Waals surface area contributed by atoms with E-state index in [9.17, 15) is 22.4 Å². The molecule has 1 aliphatic heterocycles. The number of carbonyl (C=O) groups is 2. The number of hydrogen-bond donors (Lipinski definition) is 0. The molecule has 138 valence electrons. The Morgan fingerprint density at radius 1 is 1.20 bits per heavy atom. The number of esters is 1. The van der Waals surface area contributed by atoms with Crippen LogP contribution in [-0.2, 0) is 24.3 Å². The summed E-state index contributed by atoms with van der Waals surface area (Å²) in [4.78, 5) is 24.8. The summed E-state index contributed by atoms with van der Waals surface area (Å²) in [5, 5.41) is 0. The number of piperazine rings is 1. The molecule has 1 heterocycles. The zero-order valence-electron chi connectivity index (χ0n) is 14.1. The summed E-state index contributed by atoms with van der Waals surface area (Å²) in [6.07, 6.45) is 0. The fraction of sp³-hybridized carbons (Fsp3) is 0.500. The lowest BCUT2D eigenvalue weighted by atomic mass is 10.2. The first-order valence-corrected chi connectivity index (χ1v) is 9.36. The van der Waals surface area contributed by atoms with Gasteiger partial charge in [0.25, 0.3) is 5.91 Å². The lowest BCUT2D eigenvalue weighted by Gasteiger charge is -2.33. The predicted octanol–water partition coefficient (Wildman–Crippen LogP) is 0.858. The average molecular weight is 372 g/mol. The van der Waals surface area contributed by atoms with E-state index in [0.717, 1.165) is 6.07 Å². The van der Waals surface area contributed by atoms with Crippen LogP contribution in [0.2, 0.25) is 0 Å². The molecular weight excluding hydrogens is 351 g/mol.